The quantitative estimate of drug-likeness (QED) is 0.804. The minimum absolute atomic E-state index is 0.0454. The molecule has 0 aromatic heterocycles. The molecule has 2 aromatic rings. The SMILES string of the molecule is COc1ccc(S(=O)(=O)N2CCc3ccc(NC(=O)CC(C)(C)C)cc3C2)cc1. The lowest BCUT2D eigenvalue weighted by Gasteiger charge is -2.28. The van der Waals surface area contributed by atoms with Gasteiger partial charge in [-0.25, -0.2) is 8.42 Å². The molecular formula is C22H28N2O4S. The van der Waals surface area contributed by atoms with Crippen molar-refractivity contribution >= 4 is 21.6 Å². The van der Waals surface area contributed by atoms with Crippen molar-refractivity contribution < 1.29 is 17.9 Å². The standard InChI is InChI=1S/C22H28N2O4S/c1-22(2,3)14-21(25)23-18-6-5-16-11-12-24(15-17(16)13-18)29(26,27)20-9-7-19(28-4)8-10-20/h5-10,13H,11-12,14-15H2,1-4H3,(H,23,25). The number of amides is 1. The van der Waals surface area contributed by atoms with Crippen LogP contribution in [0.5, 0.6) is 5.75 Å². The zero-order valence-corrected chi connectivity index (χ0v) is 18.2. The molecule has 1 aliphatic heterocycles. The van der Waals surface area contributed by atoms with Gasteiger partial charge in [0.2, 0.25) is 15.9 Å². The van der Waals surface area contributed by atoms with Crippen LogP contribution in [0.4, 0.5) is 5.69 Å². The predicted octanol–water partition coefficient (Wildman–Crippen LogP) is 3.82. The Kier molecular flexibility index (Phi) is 6.00. The average Bonchev–Trinajstić information content (AvgIpc) is 2.66. The van der Waals surface area contributed by atoms with Crippen LogP contribution < -0.4 is 10.1 Å². The molecule has 1 N–H and O–H groups in total. The Morgan fingerprint density at radius 1 is 1.10 bits per heavy atom. The Morgan fingerprint density at radius 2 is 1.79 bits per heavy atom. The van der Waals surface area contributed by atoms with Crippen LogP contribution in [0.25, 0.3) is 0 Å². The van der Waals surface area contributed by atoms with E-state index >= 15 is 0 Å². The van der Waals surface area contributed by atoms with Gasteiger partial charge >= 0.3 is 0 Å². The van der Waals surface area contributed by atoms with Crippen molar-refractivity contribution in [1.82, 2.24) is 4.31 Å². The summed E-state index contributed by atoms with van der Waals surface area (Å²) in [6.45, 7) is 6.76. The first-order chi connectivity index (χ1) is 13.6. The van der Waals surface area contributed by atoms with Crippen LogP contribution in [0.15, 0.2) is 47.4 Å². The summed E-state index contributed by atoms with van der Waals surface area (Å²) in [5.41, 5.74) is 2.63. The summed E-state index contributed by atoms with van der Waals surface area (Å²) in [5, 5.41) is 2.93. The van der Waals surface area contributed by atoms with Gasteiger partial charge in [-0.1, -0.05) is 26.8 Å². The first-order valence-corrected chi connectivity index (χ1v) is 11.1. The second-order valence-electron chi connectivity index (χ2n) is 8.53. The molecule has 0 radical (unpaired) electrons. The average molecular weight is 417 g/mol. The Balaban J connectivity index is 1.77. The van der Waals surface area contributed by atoms with Gasteiger partial charge < -0.3 is 10.1 Å². The highest BCUT2D eigenvalue weighted by Gasteiger charge is 2.28. The van der Waals surface area contributed by atoms with Gasteiger partial charge in [0.05, 0.1) is 12.0 Å². The van der Waals surface area contributed by atoms with Crippen molar-refractivity contribution in [1.29, 1.82) is 0 Å². The van der Waals surface area contributed by atoms with Crippen LogP contribution in [0.1, 0.15) is 38.3 Å². The molecule has 0 saturated carbocycles. The molecule has 1 amide bonds. The Labute approximate surface area is 172 Å². The lowest BCUT2D eigenvalue weighted by molar-refractivity contribution is -0.117. The number of hydrogen-bond acceptors (Lipinski definition) is 4. The summed E-state index contributed by atoms with van der Waals surface area (Å²) in [6, 6.07) is 12.2. The van der Waals surface area contributed by atoms with E-state index in [1.54, 1.807) is 31.4 Å². The Bertz CT molecular complexity index is 992. The zero-order valence-electron chi connectivity index (χ0n) is 17.4. The topological polar surface area (TPSA) is 75.7 Å². The number of nitrogens with zero attached hydrogens (tertiary/aromatic N) is 1. The van der Waals surface area contributed by atoms with E-state index in [0.29, 0.717) is 30.8 Å². The molecular weight excluding hydrogens is 388 g/mol. The van der Waals surface area contributed by atoms with E-state index in [9.17, 15) is 13.2 Å². The molecule has 1 heterocycles. The summed E-state index contributed by atoms with van der Waals surface area (Å²) in [5.74, 6) is 0.569. The summed E-state index contributed by atoms with van der Waals surface area (Å²) in [4.78, 5) is 12.5. The fourth-order valence-electron chi connectivity index (χ4n) is 3.40. The number of benzene rings is 2. The van der Waals surface area contributed by atoms with Gasteiger partial charge in [0, 0.05) is 25.2 Å². The Morgan fingerprint density at radius 3 is 2.41 bits per heavy atom. The number of ether oxygens (including phenoxy) is 1. The maximum absolute atomic E-state index is 13.0. The van der Waals surface area contributed by atoms with E-state index in [1.807, 2.05) is 39.0 Å². The summed E-state index contributed by atoms with van der Waals surface area (Å²) in [6.07, 6.45) is 1.06. The van der Waals surface area contributed by atoms with Crippen molar-refractivity contribution in [2.24, 2.45) is 5.41 Å². The summed E-state index contributed by atoms with van der Waals surface area (Å²) < 4.78 is 32.7. The highest BCUT2D eigenvalue weighted by atomic mass is 32.2. The normalized spacial score (nSPS) is 14.9. The molecule has 3 rings (SSSR count). The highest BCUT2D eigenvalue weighted by molar-refractivity contribution is 7.89. The monoisotopic (exact) mass is 416 g/mol. The Hall–Kier alpha value is -2.38. The smallest absolute Gasteiger partial charge is 0.243 e. The minimum atomic E-state index is -3.60. The maximum atomic E-state index is 13.0. The number of hydrogen-bond donors (Lipinski definition) is 1. The minimum Gasteiger partial charge on any atom is -0.497 e. The predicted molar refractivity (Wildman–Crippen MR) is 113 cm³/mol. The van der Waals surface area contributed by atoms with Crippen molar-refractivity contribution in [3.63, 3.8) is 0 Å². The molecule has 0 bridgehead atoms. The molecule has 6 nitrogen and oxygen atoms in total. The van der Waals surface area contributed by atoms with E-state index in [0.717, 1.165) is 11.1 Å². The third kappa shape index (κ3) is 5.16. The number of methoxy groups -OCH3 is 1. The first kappa shape index (κ1) is 21.3. The number of carbonyl (C=O) groups excluding carboxylic acids is 1. The van der Waals surface area contributed by atoms with Crippen LogP contribution in [-0.4, -0.2) is 32.3 Å². The summed E-state index contributed by atoms with van der Waals surface area (Å²) in [7, 11) is -2.05. The van der Waals surface area contributed by atoms with Crippen LogP contribution in [0.2, 0.25) is 0 Å². The number of anilines is 1. The molecule has 0 saturated heterocycles. The van der Waals surface area contributed by atoms with Gasteiger partial charge in [0.1, 0.15) is 5.75 Å². The molecule has 2 aromatic carbocycles. The van der Waals surface area contributed by atoms with E-state index in [4.69, 9.17) is 4.74 Å². The second-order valence-corrected chi connectivity index (χ2v) is 10.5. The lowest BCUT2D eigenvalue weighted by Crippen LogP contribution is -2.36. The van der Waals surface area contributed by atoms with Crippen LogP contribution in [-0.2, 0) is 27.8 Å². The number of sulfonamides is 1. The number of rotatable bonds is 5. The van der Waals surface area contributed by atoms with Gasteiger partial charge in [-0.15, -0.1) is 0 Å². The van der Waals surface area contributed by atoms with Crippen LogP contribution in [0, 0.1) is 5.41 Å². The van der Waals surface area contributed by atoms with E-state index in [1.165, 1.54) is 4.31 Å². The number of carbonyl (C=O) groups is 1. The van der Waals surface area contributed by atoms with Crippen molar-refractivity contribution in [2.75, 3.05) is 19.0 Å². The molecule has 29 heavy (non-hydrogen) atoms. The zero-order chi connectivity index (χ0) is 21.2. The number of nitrogens with one attached hydrogen (secondary N) is 1. The van der Waals surface area contributed by atoms with E-state index < -0.39 is 10.0 Å². The molecule has 7 heteroatoms. The third-order valence-corrected chi connectivity index (χ3v) is 6.71. The largest absolute Gasteiger partial charge is 0.497 e. The second kappa shape index (κ2) is 8.16. The highest BCUT2D eigenvalue weighted by Crippen LogP contribution is 2.28. The van der Waals surface area contributed by atoms with Crippen LogP contribution >= 0.6 is 0 Å². The summed E-state index contributed by atoms with van der Waals surface area (Å²) >= 11 is 0. The van der Waals surface area contributed by atoms with Gasteiger partial charge in [-0.3, -0.25) is 4.79 Å². The molecule has 1 aliphatic rings. The van der Waals surface area contributed by atoms with Gasteiger partial charge in [-0.05, 0) is 59.4 Å². The lowest BCUT2D eigenvalue weighted by atomic mass is 9.92. The fraction of sp³-hybridized carbons (Fsp3) is 0.409. The van der Waals surface area contributed by atoms with Crippen molar-refractivity contribution in [3.8, 4) is 5.75 Å². The van der Waals surface area contributed by atoms with Crippen LogP contribution in [0.3, 0.4) is 0 Å². The van der Waals surface area contributed by atoms with Gasteiger partial charge in [-0.2, -0.15) is 4.31 Å². The molecule has 0 spiro atoms. The van der Waals surface area contributed by atoms with Crippen molar-refractivity contribution in [2.45, 2.75) is 45.1 Å². The molecule has 0 atom stereocenters. The van der Waals surface area contributed by atoms with E-state index in [-0.39, 0.29) is 22.8 Å². The molecule has 0 unspecified atom stereocenters. The van der Waals surface area contributed by atoms with Crippen molar-refractivity contribution in [3.05, 3.63) is 53.6 Å². The molecule has 156 valence electrons. The number of fused-ring (bicyclic) bond motifs is 1. The van der Waals surface area contributed by atoms with Gasteiger partial charge in [0.25, 0.3) is 0 Å². The fourth-order valence-corrected chi connectivity index (χ4v) is 4.82. The molecule has 0 fully saturated rings. The third-order valence-electron chi connectivity index (χ3n) is 4.86. The van der Waals surface area contributed by atoms with E-state index in [2.05, 4.69) is 5.32 Å². The maximum Gasteiger partial charge on any atom is 0.243 e. The molecule has 0 aliphatic carbocycles. The first-order valence-electron chi connectivity index (χ1n) is 9.64. The van der Waals surface area contributed by atoms with Gasteiger partial charge in [0.15, 0.2) is 0 Å².